The van der Waals surface area contributed by atoms with E-state index in [-0.39, 0.29) is 5.56 Å². The highest BCUT2D eigenvalue weighted by atomic mass is 32.2. The van der Waals surface area contributed by atoms with E-state index in [2.05, 4.69) is 18.7 Å². The van der Waals surface area contributed by atoms with Crippen molar-refractivity contribution in [2.24, 2.45) is 0 Å². The largest absolute Gasteiger partial charge is 0.381 e. The number of aromatic nitrogens is 2. The van der Waals surface area contributed by atoms with Crippen molar-refractivity contribution in [1.82, 2.24) is 9.55 Å². The molecule has 2 heterocycles. The van der Waals surface area contributed by atoms with Crippen LogP contribution in [0.5, 0.6) is 0 Å². The highest BCUT2D eigenvalue weighted by Crippen LogP contribution is 2.36. The summed E-state index contributed by atoms with van der Waals surface area (Å²) < 4.78 is 7.11. The number of ether oxygens (including phenoxy) is 1. The second-order valence-electron chi connectivity index (χ2n) is 5.75. The van der Waals surface area contributed by atoms with E-state index in [1.165, 1.54) is 0 Å². The molecule has 4 nitrogen and oxygen atoms in total. The van der Waals surface area contributed by atoms with Gasteiger partial charge in [-0.2, -0.15) is 0 Å². The van der Waals surface area contributed by atoms with Crippen molar-refractivity contribution in [1.29, 1.82) is 0 Å². The number of allylic oxidation sites excluding steroid dienone is 1. The van der Waals surface area contributed by atoms with Gasteiger partial charge in [0.1, 0.15) is 4.83 Å². The number of benzene rings is 1. The zero-order valence-electron chi connectivity index (χ0n) is 15.0. The predicted molar refractivity (Wildman–Crippen MR) is 111 cm³/mol. The van der Waals surface area contributed by atoms with Gasteiger partial charge in [0.05, 0.1) is 12.0 Å². The second kappa shape index (κ2) is 8.66. The molecule has 0 unspecified atom stereocenters. The third-order valence-corrected chi connectivity index (χ3v) is 6.20. The molecule has 0 aliphatic carbocycles. The van der Waals surface area contributed by atoms with Crippen molar-refractivity contribution in [3.63, 3.8) is 0 Å². The lowest BCUT2D eigenvalue weighted by atomic mass is 10.1. The first-order chi connectivity index (χ1) is 12.7. The van der Waals surface area contributed by atoms with Crippen molar-refractivity contribution >= 4 is 33.3 Å². The van der Waals surface area contributed by atoms with Crippen LogP contribution in [-0.2, 0) is 11.3 Å². The Hall–Kier alpha value is -1.89. The number of rotatable bonds is 8. The van der Waals surface area contributed by atoms with Crippen LogP contribution >= 0.6 is 23.1 Å². The minimum absolute atomic E-state index is 0.00439. The van der Waals surface area contributed by atoms with Crippen LogP contribution in [0.2, 0.25) is 0 Å². The fraction of sp³-hybridized carbons (Fsp3) is 0.300. The summed E-state index contributed by atoms with van der Waals surface area (Å²) in [5.74, 6) is 0.763. The Morgan fingerprint density at radius 2 is 2.12 bits per heavy atom. The molecule has 1 aromatic carbocycles. The molecule has 26 heavy (non-hydrogen) atoms. The van der Waals surface area contributed by atoms with E-state index in [0.717, 1.165) is 31.7 Å². The van der Waals surface area contributed by atoms with Crippen LogP contribution in [0.25, 0.3) is 20.7 Å². The molecule has 136 valence electrons. The van der Waals surface area contributed by atoms with Crippen molar-refractivity contribution in [3.05, 3.63) is 58.9 Å². The molecule has 0 saturated carbocycles. The number of fused-ring (bicyclic) bond motifs is 1. The molecule has 0 spiro atoms. The van der Waals surface area contributed by atoms with Crippen LogP contribution in [0.15, 0.2) is 52.9 Å². The van der Waals surface area contributed by atoms with Crippen molar-refractivity contribution in [3.8, 4) is 10.4 Å². The maximum Gasteiger partial charge on any atom is 0.263 e. The molecule has 0 aliphatic heterocycles. The number of nitrogens with zero attached hydrogens (tertiary/aromatic N) is 2. The molecule has 3 rings (SSSR count). The van der Waals surface area contributed by atoms with Gasteiger partial charge in [-0.15, -0.1) is 17.9 Å². The molecule has 0 fully saturated rings. The monoisotopic (exact) mass is 386 g/mol. The quantitative estimate of drug-likeness (QED) is 0.243. The number of thioether (sulfide) groups is 1. The Labute approximate surface area is 161 Å². The van der Waals surface area contributed by atoms with Gasteiger partial charge in [0.25, 0.3) is 5.56 Å². The van der Waals surface area contributed by atoms with E-state index in [4.69, 9.17) is 9.72 Å². The summed E-state index contributed by atoms with van der Waals surface area (Å²) in [4.78, 5) is 19.8. The van der Waals surface area contributed by atoms with Gasteiger partial charge in [-0.1, -0.05) is 48.2 Å². The lowest BCUT2D eigenvalue weighted by Crippen LogP contribution is -2.23. The normalized spacial score (nSPS) is 11.2. The van der Waals surface area contributed by atoms with Gasteiger partial charge in [0.15, 0.2) is 5.16 Å². The molecule has 0 N–H and O–H groups in total. The molecule has 0 radical (unpaired) electrons. The minimum Gasteiger partial charge on any atom is -0.381 e. The summed E-state index contributed by atoms with van der Waals surface area (Å²) in [5.41, 5.74) is 2.12. The molecule has 0 atom stereocenters. The van der Waals surface area contributed by atoms with Gasteiger partial charge < -0.3 is 4.74 Å². The van der Waals surface area contributed by atoms with Gasteiger partial charge in [-0.05, 0) is 25.0 Å². The number of hydrogen-bond donors (Lipinski definition) is 0. The van der Waals surface area contributed by atoms with Gasteiger partial charge in [0.2, 0.25) is 0 Å². The Kier molecular flexibility index (Phi) is 6.29. The van der Waals surface area contributed by atoms with Gasteiger partial charge in [-0.3, -0.25) is 9.36 Å². The third kappa shape index (κ3) is 3.77. The van der Waals surface area contributed by atoms with E-state index < -0.39 is 0 Å². The Morgan fingerprint density at radius 3 is 2.81 bits per heavy atom. The van der Waals surface area contributed by atoms with Crippen molar-refractivity contribution in [2.75, 3.05) is 19.0 Å². The van der Waals surface area contributed by atoms with Gasteiger partial charge in [-0.25, -0.2) is 4.98 Å². The average Bonchev–Trinajstić information content (AvgIpc) is 2.99. The zero-order chi connectivity index (χ0) is 18.5. The summed E-state index contributed by atoms with van der Waals surface area (Å²) in [7, 11) is 0. The third-order valence-electron chi connectivity index (χ3n) is 4.03. The topological polar surface area (TPSA) is 44.1 Å². The van der Waals surface area contributed by atoms with Crippen molar-refractivity contribution < 1.29 is 4.74 Å². The van der Waals surface area contributed by atoms with Crippen LogP contribution < -0.4 is 5.56 Å². The zero-order valence-corrected chi connectivity index (χ0v) is 16.7. The molecular formula is C20H22N2O2S2. The van der Waals surface area contributed by atoms with Gasteiger partial charge >= 0.3 is 0 Å². The lowest BCUT2D eigenvalue weighted by molar-refractivity contribution is 0.164. The van der Waals surface area contributed by atoms with E-state index in [1.54, 1.807) is 33.7 Å². The summed E-state index contributed by atoms with van der Waals surface area (Å²) in [6.07, 6.45) is 1.74. The van der Waals surface area contributed by atoms with E-state index in [1.807, 2.05) is 32.0 Å². The Bertz CT molecular complexity index is 961. The first-order valence-electron chi connectivity index (χ1n) is 8.58. The predicted octanol–water partition coefficient (Wildman–Crippen LogP) is 4.75. The number of aryl methyl sites for hydroxylation is 1. The standard InChI is InChI=1S/C20H22N2O2S2/c1-4-11-22-19(23)16-14(3)17(15-9-7-6-8-10-15)26-18(16)21-20(22)25-13-12-24-5-2/h4,6-10H,1,5,11-13H2,2-3H3. The summed E-state index contributed by atoms with van der Waals surface area (Å²) >= 11 is 3.13. The van der Waals surface area contributed by atoms with Crippen LogP contribution in [0, 0.1) is 6.92 Å². The maximum absolute atomic E-state index is 13.1. The molecule has 0 amide bonds. The number of thiophene rings is 1. The molecule has 2 aromatic heterocycles. The van der Waals surface area contributed by atoms with E-state index in [9.17, 15) is 4.79 Å². The molecule has 0 saturated heterocycles. The van der Waals surface area contributed by atoms with Gasteiger partial charge in [0, 0.05) is 23.8 Å². The SMILES string of the molecule is C=CCn1c(SCCOCC)nc2sc(-c3ccccc3)c(C)c2c1=O. The maximum atomic E-state index is 13.1. The smallest absolute Gasteiger partial charge is 0.263 e. The molecule has 6 heteroatoms. The molecule has 0 bridgehead atoms. The van der Waals surface area contributed by atoms with Crippen LogP contribution in [0.3, 0.4) is 0 Å². The first kappa shape index (κ1) is 18.9. The fourth-order valence-corrected chi connectivity index (χ4v) is 4.89. The average molecular weight is 387 g/mol. The van der Waals surface area contributed by atoms with E-state index in [0.29, 0.717) is 25.1 Å². The Morgan fingerprint density at radius 1 is 1.35 bits per heavy atom. The first-order valence-corrected chi connectivity index (χ1v) is 10.4. The lowest BCUT2D eigenvalue weighted by Gasteiger charge is -2.10. The summed E-state index contributed by atoms with van der Waals surface area (Å²) in [6, 6.07) is 10.2. The van der Waals surface area contributed by atoms with Crippen LogP contribution in [-0.4, -0.2) is 28.5 Å². The highest BCUT2D eigenvalue weighted by Gasteiger charge is 2.18. The fourth-order valence-electron chi connectivity index (χ4n) is 2.80. The highest BCUT2D eigenvalue weighted by molar-refractivity contribution is 7.99. The van der Waals surface area contributed by atoms with E-state index >= 15 is 0 Å². The minimum atomic E-state index is 0.00439. The second-order valence-corrected chi connectivity index (χ2v) is 7.81. The molecular weight excluding hydrogens is 364 g/mol. The Balaban J connectivity index is 2.10. The molecule has 0 aliphatic rings. The summed E-state index contributed by atoms with van der Waals surface area (Å²) in [5, 5.41) is 1.44. The molecule has 3 aromatic rings. The van der Waals surface area contributed by atoms with Crippen LogP contribution in [0.1, 0.15) is 12.5 Å². The summed E-state index contributed by atoms with van der Waals surface area (Å²) in [6.45, 7) is 9.55. The van der Waals surface area contributed by atoms with Crippen molar-refractivity contribution in [2.45, 2.75) is 25.5 Å². The van der Waals surface area contributed by atoms with Crippen LogP contribution in [0.4, 0.5) is 0 Å². The number of hydrogen-bond acceptors (Lipinski definition) is 5.